The lowest BCUT2D eigenvalue weighted by Crippen LogP contribution is -2.38. The topological polar surface area (TPSA) is 61.4 Å². The third-order valence-electron chi connectivity index (χ3n) is 3.35. The van der Waals surface area contributed by atoms with Crippen LogP contribution in [0.1, 0.15) is 30.5 Å². The molecule has 1 atom stereocenters. The van der Waals surface area contributed by atoms with Crippen molar-refractivity contribution in [3.8, 4) is 0 Å². The van der Waals surface area contributed by atoms with Gasteiger partial charge in [0.15, 0.2) is 0 Å². The average Bonchev–Trinajstić information content (AvgIpc) is 2.75. The number of hydrogen-bond donors (Lipinski definition) is 2. The first kappa shape index (κ1) is 18.6. The molecule has 0 saturated carbocycles. The fourth-order valence-corrected chi connectivity index (χ4v) is 4.38. The molecule has 1 aromatic rings. The predicted molar refractivity (Wildman–Crippen MR) is 89.4 cm³/mol. The highest BCUT2D eigenvalue weighted by atomic mass is 32.2. The van der Waals surface area contributed by atoms with E-state index in [0.717, 1.165) is 9.75 Å². The predicted octanol–water partition coefficient (Wildman–Crippen LogP) is 1.78. The van der Waals surface area contributed by atoms with Gasteiger partial charge in [-0.3, -0.25) is 0 Å². The van der Waals surface area contributed by atoms with Gasteiger partial charge in [-0.15, -0.1) is 11.3 Å². The van der Waals surface area contributed by atoms with Gasteiger partial charge in [0.2, 0.25) is 10.0 Å². The molecule has 1 rings (SSSR count). The lowest BCUT2D eigenvalue weighted by Gasteiger charge is -2.19. The number of sulfonamides is 1. The van der Waals surface area contributed by atoms with E-state index in [0.29, 0.717) is 24.0 Å². The van der Waals surface area contributed by atoms with Crippen molar-refractivity contribution < 1.29 is 8.42 Å². The summed E-state index contributed by atoms with van der Waals surface area (Å²) in [6, 6.07) is 2.31. The van der Waals surface area contributed by atoms with E-state index < -0.39 is 10.0 Å². The first-order valence-corrected chi connectivity index (χ1v) is 9.42. The Balaban J connectivity index is 2.79. The smallest absolute Gasteiger partial charge is 0.241 e. The summed E-state index contributed by atoms with van der Waals surface area (Å²) in [4.78, 5) is 4.27. The Morgan fingerprint density at radius 3 is 2.43 bits per heavy atom. The van der Waals surface area contributed by atoms with Gasteiger partial charge in [0.05, 0.1) is 4.90 Å². The summed E-state index contributed by atoms with van der Waals surface area (Å²) in [7, 11) is 0.439. The maximum atomic E-state index is 12.4. The van der Waals surface area contributed by atoms with Crippen LogP contribution in [-0.4, -0.2) is 46.0 Å². The number of rotatable bonds is 8. The van der Waals surface area contributed by atoms with Crippen LogP contribution in [0.5, 0.6) is 0 Å². The highest BCUT2D eigenvalue weighted by Gasteiger charge is 2.20. The maximum Gasteiger partial charge on any atom is 0.241 e. The Bertz CT molecular complexity index is 551. The van der Waals surface area contributed by atoms with Crippen molar-refractivity contribution in [3.63, 3.8) is 0 Å². The highest BCUT2D eigenvalue weighted by Crippen LogP contribution is 2.25. The van der Waals surface area contributed by atoms with Crippen molar-refractivity contribution in [1.29, 1.82) is 0 Å². The lowest BCUT2D eigenvalue weighted by molar-refractivity contribution is 0.314. The molecule has 0 aliphatic carbocycles. The van der Waals surface area contributed by atoms with Crippen molar-refractivity contribution in [2.75, 3.05) is 20.6 Å². The number of likely N-dealkylation sites (N-methyl/N-ethyl adjacent to an activating group) is 1. The second-order valence-electron chi connectivity index (χ2n) is 5.83. The van der Waals surface area contributed by atoms with Crippen molar-refractivity contribution >= 4 is 21.4 Å². The Hall–Kier alpha value is -0.470. The summed E-state index contributed by atoms with van der Waals surface area (Å²) in [6.45, 7) is 9.09. The number of nitrogens with zero attached hydrogens (tertiary/aromatic N) is 1. The van der Waals surface area contributed by atoms with Crippen LogP contribution in [-0.2, 0) is 16.6 Å². The zero-order chi connectivity index (χ0) is 16.2. The molecule has 122 valence electrons. The summed E-state index contributed by atoms with van der Waals surface area (Å²) in [6.07, 6.45) is 0. The van der Waals surface area contributed by atoms with Gasteiger partial charge in [-0.25, -0.2) is 13.1 Å². The average molecular weight is 334 g/mol. The van der Waals surface area contributed by atoms with E-state index in [1.54, 1.807) is 6.07 Å². The monoisotopic (exact) mass is 333 g/mol. The van der Waals surface area contributed by atoms with Crippen LogP contribution in [0.3, 0.4) is 0 Å². The van der Waals surface area contributed by atoms with Gasteiger partial charge in [-0.05, 0) is 34.0 Å². The molecule has 21 heavy (non-hydrogen) atoms. The van der Waals surface area contributed by atoms with Crippen molar-refractivity contribution in [2.24, 2.45) is 0 Å². The zero-order valence-corrected chi connectivity index (χ0v) is 15.4. The van der Waals surface area contributed by atoms with Crippen LogP contribution in [0.25, 0.3) is 0 Å². The zero-order valence-electron chi connectivity index (χ0n) is 13.7. The minimum Gasteiger partial charge on any atom is -0.310 e. The quantitative estimate of drug-likeness (QED) is 0.761. The van der Waals surface area contributed by atoms with E-state index in [4.69, 9.17) is 0 Å². The molecule has 0 aromatic carbocycles. The molecule has 0 spiro atoms. The van der Waals surface area contributed by atoms with Crippen LogP contribution < -0.4 is 10.0 Å². The molecule has 5 nitrogen and oxygen atoms in total. The number of hydrogen-bond acceptors (Lipinski definition) is 5. The summed E-state index contributed by atoms with van der Waals surface area (Å²) < 4.78 is 27.5. The Morgan fingerprint density at radius 2 is 1.90 bits per heavy atom. The van der Waals surface area contributed by atoms with E-state index in [1.807, 2.05) is 32.8 Å². The molecule has 1 heterocycles. The molecule has 0 radical (unpaired) electrons. The van der Waals surface area contributed by atoms with Gasteiger partial charge in [-0.2, -0.15) is 0 Å². The van der Waals surface area contributed by atoms with Gasteiger partial charge in [0.1, 0.15) is 0 Å². The van der Waals surface area contributed by atoms with Crippen LogP contribution in [0.15, 0.2) is 11.0 Å². The summed E-state index contributed by atoms with van der Waals surface area (Å²) >= 11 is 1.53. The molecule has 2 N–H and O–H groups in total. The van der Waals surface area contributed by atoms with Crippen LogP contribution >= 0.6 is 11.3 Å². The van der Waals surface area contributed by atoms with Gasteiger partial charge >= 0.3 is 0 Å². The molecule has 0 fully saturated rings. The van der Waals surface area contributed by atoms with Crippen molar-refractivity contribution in [3.05, 3.63) is 15.8 Å². The Kier molecular flexibility index (Phi) is 6.80. The van der Waals surface area contributed by atoms with Crippen LogP contribution in [0.2, 0.25) is 0 Å². The molecule has 0 saturated heterocycles. The number of nitrogens with one attached hydrogen (secondary N) is 2. The van der Waals surface area contributed by atoms with Gasteiger partial charge in [-0.1, -0.05) is 13.8 Å². The van der Waals surface area contributed by atoms with Crippen LogP contribution in [0.4, 0.5) is 0 Å². The maximum absolute atomic E-state index is 12.4. The second kappa shape index (κ2) is 7.69. The lowest BCUT2D eigenvalue weighted by atomic mass is 10.3. The second-order valence-corrected chi connectivity index (χ2v) is 8.91. The first-order chi connectivity index (χ1) is 9.63. The number of aryl methyl sites for hydroxylation is 1. The van der Waals surface area contributed by atoms with E-state index in [-0.39, 0.29) is 6.04 Å². The third kappa shape index (κ3) is 5.67. The molecular weight excluding hydrogens is 306 g/mol. The van der Waals surface area contributed by atoms with Gasteiger partial charge < -0.3 is 10.2 Å². The standard InChI is InChI=1S/C14H27N3O2S2/c1-10(2)15-9-13-7-14(12(4)20-13)21(18,19)16-8-11(3)17(5)6/h7,10-11,15-16H,8-9H2,1-6H3. The highest BCUT2D eigenvalue weighted by molar-refractivity contribution is 7.89. The molecule has 0 amide bonds. The molecular formula is C14H27N3O2S2. The Morgan fingerprint density at radius 1 is 1.29 bits per heavy atom. The van der Waals surface area contributed by atoms with E-state index in [1.165, 1.54) is 11.3 Å². The molecule has 0 bridgehead atoms. The van der Waals surface area contributed by atoms with E-state index >= 15 is 0 Å². The molecule has 7 heteroatoms. The van der Waals surface area contributed by atoms with Crippen molar-refractivity contribution in [2.45, 2.75) is 51.2 Å². The SMILES string of the molecule is Cc1sc(CNC(C)C)cc1S(=O)(=O)NCC(C)N(C)C. The fraction of sp³-hybridized carbons (Fsp3) is 0.714. The van der Waals surface area contributed by atoms with Gasteiger partial charge in [0.25, 0.3) is 0 Å². The minimum atomic E-state index is -3.43. The summed E-state index contributed by atoms with van der Waals surface area (Å²) in [5.41, 5.74) is 0. The Labute approximate surface area is 132 Å². The molecule has 1 unspecified atom stereocenters. The first-order valence-electron chi connectivity index (χ1n) is 7.12. The normalized spacial score (nSPS) is 14.1. The summed E-state index contributed by atoms with van der Waals surface area (Å²) in [5, 5.41) is 3.31. The molecule has 0 aliphatic heterocycles. The minimum absolute atomic E-state index is 0.154. The number of thiophene rings is 1. The van der Waals surface area contributed by atoms with E-state index in [2.05, 4.69) is 23.9 Å². The van der Waals surface area contributed by atoms with Crippen LogP contribution in [0, 0.1) is 6.92 Å². The molecule has 0 aliphatic rings. The fourth-order valence-electron chi connectivity index (χ4n) is 1.67. The van der Waals surface area contributed by atoms with E-state index in [9.17, 15) is 8.42 Å². The van der Waals surface area contributed by atoms with Crippen molar-refractivity contribution in [1.82, 2.24) is 14.9 Å². The van der Waals surface area contributed by atoms with Gasteiger partial charge in [0, 0.05) is 34.9 Å². The molecule has 1 aromatic heterocycles. The summed E-state index contributed by atoms with van der Waals surface area (Å²) in [5.74, 6) is 0. The largest absolute Gasteiger partial charge is 0.310 e. The third-order valence-corrected chi connectivity index (χ3v) is 6.08.